The van der Waals surface area contributed by atoms with E-state index in [9.17, 15) is 35.5 Å². The van der Waals surface area contributed by atoms with E-state index in [1.165, 1.54) is 54.6 Å². The number of aromatic nitrogens is 1. The van der Waals surface area contributed by atoms with Crippen molar-refractivity contribution in [2.24, 2.45) is 5.73 Å². The summed E-state index contributed by atoms with van der Waals surface area (Å²) in [6.45, 7) is 0. The summed E-state index contributed by atoms with van der Waals surface area (Å²) in [5.41, 5.74) is 6.43. The van der Waals surface area contributed by atoms with E-state index in [1.807, 2.05) is 6.07 Å². The number of fused-ring (bicyclic) bond motifs is 1. The molecule has 0 unspecified atom stereocenters. The van der Waals surface area contributed by atoms with E-state index in [0.29, 0.717) is 11.1 Å². The minimum Gasteiger partial charge on any atom is -0.384 e. The van der Waals surface area contributed by atoms with Crippen molar-refractivity contribution in [3.05, 3.63) is 105 Å². The van der Waals surface area contributed by atoms with E-state index in [0.717, 1.165) is 15.9 Å². The fraction of sp³-hybridized carbons (Fsp3) is 0.0455. The summed E-state index contributed by atoms with van der Waals surface area (Å²) < 4.78 is 1.54. The quantitative estimate of drug-likeness (QED) is 0.439. The molecule has 34 heavy (non-hydrogen) atoms. The number of nitrogens with two attached hydrogens (primary N) is 1. The van der Waals surface area contributed by atoms with Gasteiger partial charge in [-0.3, -0.25) is 29.6 Å². The maximum Gasteiger partial charge on any atom is 0.274 e. The van der Waals surface area contributed by atoms with Gasteiger partial charge in [0.2, 0.25) is 0 Å². The molecule has 0 saturated carbocycles. The van der Waals surface area contributed by atoms with Crippen LogP contribution in [0.2, 0.25) is 0 Å². The zero-order valence-electron chi connectivity index (χ0n) is 17.0. The van der Waals surface area contributed by atoms with Crippen molar-refractivity contribution >= 4 is 40.2 Å². The molecule has 11 nitrogen and oxygen atoms in total. The molecular formula is C22H12N6O5S. The Hall–Kier alpha value is -5.07. The van der Waals surface area contributed by atoms with Gasteiger partial charge in [-0.05, 0) is 29.3 Å². The third-order valence-electron chi connectivity index (χ3n) is 5.23. The van der Waals surface area contributed by atoms with Crippen LogP contribution in [0.5, 0.6) is 0 Å². The van der Waals surface area contributed by atoms with Crippen molar-refractivity contribution in [1.29, 1.82) is 10.5 Å². The highest BCUT2D eigenvalue weighted by Crippen LogP contribution is 2.36. The summed E-state index contributed by atoms with van der Waals surface area (Å²) >= 11 is 0.992. The highest BCUT2D eigenvalue weighted by molar-refractivity contribution is 7.07. The monoisotopic (exact) mass is 472 g/mol. The number of non-ortho nitro benzene ring substituents is 2. The summed E-state index contributed by atoms with van der Waals surface area (Å²) in [5.74, 6) is -1.04. The maximum absolute atomic E-state index is 13.1. The first-order valence-corrected chi connectivity index (χ1v) is 10.3. The average molecular weight is 472 g/mol. The number of hydrogen-bond donors (Lipinski definition) is 1. The van der Waals surface area contributed by atoms with Gasteiger partial charge in [-0.2, -0.15) is 10.5 Å². The van der Waals surface area contributed by atoms with Crippen LogP contribution in [0, 0.1) is 42.9 Å². The predicted molar refractivity (Wildman–Crippen MR) is 122 cm³/mol. The highest BCUT2D eigenvalue weighted by atomic mass is 32.1. The van der Waals surface area contributed by atoms with Gasteiger partial charge in [0, 0.05) is 24.3 Å². The Kier molecular flexibility index (Phi) is 5.51. The van der Waals surface area contributed by atoms with E-state index >= 15 is 0 Å². The predicted octanol–water partition coefficient (Wildman–Crippen LogP) is 1.68. The van der Waals surface area contributed by atoms with E-state index in [2.05, 4.69) is 6.07 Å². The summed E-state index contributed by atoms with van der Waals surface area (Å²) in [7, 11) is 0. The van der Waals surface area contributed by atoms with Crippen molar-refractivity contribution < 1.29 is 9.85 Å². The number of nitrogens with zero attached hydrogens (tertiary/aromatic N) is 5. The molecule has 4 rings (SSSR count). The summed E-state index contributed by atoms with van der Waals surface area (Å²) in [6, 6.07) is 15.0. The smallest absolute Gasteiger partial charge is 0.274 e. The van der Waals surface area contributed by atoms with Crippen LogP contribution in [0.3, 0.4) is 0 Å². The maximum atomic E-state index is 13.1. The second kappa shape index (κ2) is 8.46. The second-order valence-corrected chi connectivity index (χ2v) is 8.15. The minimum atomic E-state index is -0.902. The molecule has 0 radical (unpaired) electrons. The Morgan fingerprint density at radius 1 is 0.941 bits per heavy atom. The first-order valence-electron chi connectivity index (χ1n) is 9.53. The van der Waals surface area contributed by atoms with Crippen LogP contribution < -0.4 is 20.5 Å². The van der Waals surface area contributed by atoms with Gasteiger partial charge in [0.25, 0.3) is 16.9 Å². The van der Waals surface area contributed by atoms with Crippen molar-refractivity contribution in [1.82, 2.24) is 4.57 Å². The lowest BCUT2D eigenvalue weighted by Gasteiger charge is -2.22. The van der Waals surface area contributed by atoms with Crippen molar-refractivity contribution in [3.8, 4) is 12.1 Å². The molecule has 1 aromatic heterocycles. The van der Waals surface area contributed by atoms with Crippen LogP contribution in [0.1, 0.15) is 17.0 Å². The van der Waals surface area contributed by atoms with Gasteiger partial charge in [-0.25, -0.2) is 0 Å². The van der Waals surface area contributed by atoms with E-state index in [4.69, 9.17) is 5.73 Å². The first kappa shape index (κ1) is 22.1. The molecule has 0 aliphatic carbocycles. The fourth-order valence-electron chi connectivity index (χ4n) is 3.62. The molecule has 1 aliphatic heterocycles. The SMILES string of the molecule is N#CC1=C(N)n2c(s/c(=C/c3ccc([N+](=O)[O-])cc3)c2=O)=C(C#N)[C@@H]1c1ccc([N+](=O)[O-])cc1. The summed E-state index contributed by atoms with van der Waals surface area (Å²) in [4.78, 5) is 33.8. The van der Waals surface area contributed by atoms with Gasteiger partial charge < -0.3 is 5.73 Å². The standard InChI is InChI=1S/C22H12N6O5S/c23-10-16-19(13-3-7-15(8-4-13)28(32)33)17(11-24)22-26(20(16)25)21(29)18(34-22)9-12-1-5-14(6-2-12)27(30)31/h1-9,19H,25H2/b18-9+/t19-/m1/s1. The molecule has 0 saturated heterocycles. The number of hydrogen-bond acceptors (Lipinski definition) is 9. The normalized spacial score (nSPS) is 15.4. The number of nitro benzene ring substituents is 2. The lowest BCUT2D eigenvalue weighted by Crippen LogP contribution is -2.38. The molecule has 2 heterocycles. The van der Waals surface area contributed by atoms with Gasteiger partial charge in [0.15, 0.2) is 0 Å². The van der Waals surface area contributed by atoms with Crippen LogP contribution in [0.25, 0.3) is 17.5 Å². The third kappa shape index (κ3) is 3.60. The van der Waals surface area contributed by atoms with E-state index in [-0.39, 0.29) is 37.5 Å². The fourth-order valence-corrected chi connectivity index (χ4v) is 4.75. The highest BCUT2D eigenvalue weighted by Gasteiger charge is 2.32. The van der Waals surface area contributed by atoms with Gasteiger partial charge in [-0.1, -0.05) is 12.1 Å². The number of nitro groups is 2. The Bertz CT molecular complexity index is 1650. The lowest BCUT2D eigenvalue weighted by atomic mass is 9.84. The Morgan fingerprint density at radius 2 is 1.47 bits per heavy atom. The van der Waals surface area contributed by atoms with Crippen LogP contribution in [0.15, 0.2) is 58.9 Å². The molecule has 1 atom stereocenters. The van der Waals surface area contributed by atoms with Crippen molar-refractivity contribution in [3.63, 3.8) is 0 Å². The van der Waals surface area contributed by atoms with Crippen LogP contribution >= 0.6 is 11.3 Å². The molecular weight excluding hydrogens is 460 g/mol. The molecule has 0 amide bonds. The van der Waals surface area contributed by atoms with Gasteiger partial charge in [0.1, 0.15) is 10.5 Å². The molecule has 2 aromatic carbocycles. The van der Waals surface area contributed by atoms with Crippen LogP contribution in [-0.4, -0.2) is 14.4 Å². The molecule has 2 N–H and O–H groups in total. The summed E-state index contributed by atoms with van der Waals surface area (Å²) in [5, 5.41) is 41.6. The first-order chi connectivity index (χ1) is 16.3. The molecule has 0 bridgehead atoms. The van der Waals surface area contributed by atoms with E-state index in [1.54, 1.807) is 0 Å². The van der Waals surface area contributed by atoms with Crippen molar-refractivity contribution in [2.75, 3.05) is 0 Å². The van der Waals surface area contributed by atoms with Crippen LogP contribution in [0.4, 0.5) is 11.4 Å². The molecule has 1 aliphatic rings. The van der Waals surface area contributed by atoms with E-state index < -0.39 is 21.3 Å². The lowest BCUT2D eigenvalue weighted by molar-refractivity contribution is -0.385. The summed E-state index contributed by atoms with van der Waals surface area (Å²) in [6.07, 6.45) is 1.51. The number of rotatable bonds is 4. The molecule has 3 aromatic rings. The Balaban J connectivity index is 1.95. The largest absolute Gasteiger partial charge is 0.384 e. The zero-order chi connectivity index (χ0) is 24.6. The molecule has 12 heteroatoms. The minimum absolute atomic E-state index is 0.0281. The van der Waals surface area contributed by atoms with Gasteiger partial charge in [0.05, 0.1) is 43.6 Å². The Morgan fingerprint density at radius 3 is 1.97 bits per heavy atom. The van der Waals surface area contributed by atoms with Gasteiger partial charge >= 0.3 is 0 Å². The van der Waals surface area contributed by atoms with Gasteiger partial charge in [-0.15, -0.1) is 11.3 Å². The number of thiazole rings is 1. The third-order valence-corrected chi connectivity index (χ3v) is 6.34. The topological polar surface area (TPSA) is 182 Å². The molecule has 0 spiro atoms. The number of allylic oxidation sites excluding steroid dienone is 1. The van der Waals surface area contributed by atoms with Crippen LogP contribution in [-0.2, 0) is 0 Å². The number of nitriles is 2. The zero-order valence-corrected chi connectivity index (χ0v) is 17.9. The molecule has 166 valence electrons. The Labute approximate surface area is 194 Å². The molecule has 0 fully saturated rings. The van der Waals surface area contributed by atoms with Crippen molar-refractivity contribution in [2.45, 2.75) is 5.92 Å². The number of benzene rings is 2. The average Bonchev–Trinajstić information content (AvgIpc) is 3.15. The second-order valence-electron chi connectivity index (χ2n) is 7.12.